The van der Waals surface area contributed by atoms with Gasteiger partial charge in [-0.25, -0.2) is 4.98 Å². The zero-order chi connectivity index (χ0) is 23.7. The standard InChI is InChI=1S/C27H26N2O3S2/c1-27(2)16-21-22(17-32-27)34-24-23(21)25(30)29(19-11-13-20(31-3)14-12-19)26(28-24)33-15-7-10-18-8-5-4-6-9-18/h4-14H,15-17H2,1-3H3/b10-7+. The Bertz CT molecular complexity index is 1400. The van der Waals surface area contributed by atoms with Crippen molar-refractivity contribution < 1.29 is 9.47 Å². The Kier molecular flexibility index (Phi) is 6.34. The lowest BCUT2D eigenvalue weighted by molar-refractivity contribution is -0.0379. The Hall–Kier alpha value is -2.87. The van der Waals surface area contributed by atoms with Crippen molar-refractivity contribution in [3.63, 3.8) is 0 Å². The number of thiophene rings is 1. The maximum absolute atomic E-state index is 13.9. The summed E-state index contributed by atoms with van der Waals surface area (Å²) < 4.78 is 13.0. The third-order valence-corrected chi connectivity index (χ3v) is 7.81. The average molecular weight is 491 g/mol. The van der Waals surface area contributed by atoms with Gasteiger partial charge in [0.1, 0.15) is 10.6 Å². The van der Waals surface area contributed by atoms with Crippen LogP contribution < -0.4 is 10.3 Å². The molecule has 0 N–H and O–H groups in total. The zero-order valence-electron chi connectivity index (χ0n) is 19.4. The highest BCUT2D eigenvalue weighted by molar-refractivity contribution is 7.99. The van der Waals surface area contributed by atoms with Gasteiger partial charge in [0.05, 0.1) is 30.4 Å². The van der Waals surface area contributed by atoms with Crippen LogP contribution in [0.1, 0.15) is 29.9 Å². The molecule has 2 aromatic carbocycles. The molecule has 5 rings (SSSR count). The molecular weight excluding hydrogens is 464 g/mol. The predicted octanol–water partition coefficient (Wildman–Crippen LogP) is 6.11. The molecule has 0 bridgehead atoms. The molecule has 0 fully saturated rings. The van der Waals surface area contributed by atoms with Crippen LogP contribution in [0.25, 0.3) is 22.0 Å². The van der Waals surface area contributed by atoms with E-state index >= 15 is 0 Å². The van der Waals surface area contributed by atoms with Crippen LogP contribution in [0.3, 0.4) is 0 Å². The van der Waals surface area contributed by atoms with E-state index in [-0.39, 0.29) is 11.2 Å². The molecule has 0 atom stereocenters. The zero-order valence-corrected chi connectivity index (χ0v) is 21.0. The van der Waals surface area contributed by atoms with Crippen LogP contribution in [0.2, 0.25) is 0 Å². The van der Waals surface area contributed by atoms with Gasteiger partial charge in [0.15, 0.2) is 5.16 Å². The van der Waals surface area contributed by atoms with E-state index < -0.39 is 0 Å². The number of methoxy groups -OCH3 is 1. The molecule has 0 saturated carbocycles. The number of hydrogen-bond acceptors (Lipinski definition) is 6. The van der Waals surface area contributed by atoms with Crippen LogP contribution in [0.4, 0.5) is 0 Å². The summed E-state index contributed by atoms with van der Waals surface area (Å²) in [5.74, 6) is 1.45. The van der Waals surface area contributed by atoms with Gasteiger partial charge in [-0.05, 0) is 49.2 Å². The van der Waals surface area contributed by atoms with Gasteiger partial charge in [-0.15, -0.1) is 11.3 Å². The maximum atomic E-state index is 13.9. The van der Waals surface area contributed by atoms with Crippen molar-refractivity contribution in [2.45, 2.75) is 37.6 Å². The van der Waals surface area contributed by atoms with E-state index in [1.54, 1.807) is 34.8 Å². The fourth-order valence-corrected chi connectivity index (χ4v) is 6.07. The Morgan fingerprint density at radius 3 is 2.68 bits per heavy atom. The van der Waals surface area contributed by atoms with Crippen LogP contribution in [0.5, 0.6) is 5.75 Å². The van der Waals surface area contributed by atoms with Gasteiger partial charge < -0.3 is 9.47 Å². The first kappa shape index (κ1) is 22.9. The number of ether oxygens (including phenoxy) is 2. The Morgan fingerprint density at radius 1 is 1.18 bits per heavy atom. The van der Waals surface area contributed by atoms with Gasteiger partial charge in [-0.2, -0.15) is 0 Å². The summed E-state index contributed by atoms with van der Waals surface area (Å²) in [6.45, 7) is 4.66. The van der Waals surface area contributed by atoms with Gasteiger partial charge in [-0.3, -0.25) is 9.36 Å². The van der Waals surface area contributed by atoms with Crippen molar-refractivity contribution in [1.29, 1.82) is 0 Å². The third kappa shape index (κ3) is 4.56. The average Bonchev–Trinajstić information content (AvgIpc) is 3.19. The Morgan fingerprint density at radius 2 is 1.94 bits per heavy atom. The molecule has 0 aliphatic carbocycles. The lowest BCUT2D eigenvalue weighted by Crippen LogP contribution is -2.32. The smallest absolute Gasteiger partial charge is 0.267 e. The van der Waals surface area contributed by atoms with E-state index in [1.807, 2.05) is 42.5 Å². The molecule has 0 amide bonds. The predicted molar refractivity (Wildman–Crippen MR) is 141 cm³/mol. The first-order valence-electron chi connectivity index (χ1n) is 11.2. The van der Waals surface area contributed by atoms with Crippen LogP contribution in [-0.2, 0) is 17.8 Å². The second-order valence-electron chi connectivity index (χ2n) is 8.77. The van der Waals surface area contributed by atoms with Crippen molar-refractivity contribution >= 4 is 39.4 Å². The van der Waals surface area contributed by atoms with E-state index in [4.69, 9.17) is 14.5 Å². The molecule has 5 nitrogen and oxygen atoms in total. The molecule has 0 spiro atoms. The van der Waals surface area contributed by atoms with Crippen molar-refractivity contribution in [3.8, 4) is 11.4 Å². The summed E-state index contributed by atoms with van der Waals surface area (Å²) in [5, 5.41) is 1.40. The normalized spacial score (nSPS) is 15.0. The van der Waals surface area contributed by atoms with E-state index in [2.05, 4.69) is 38.1 Å². The fraction of sp³-hybridized carbons (Fsp3) is 0.259. The van der Waals surface area contributed by atoms with E-state index in [9.17, 15) is 4.79 Å². The molecule has 0 radical (unpaired) electrons. The second-order valence-corrected chi connectivity index (χ2v) is 10.8. The van der Waals surface area contributed by atoms with Crippen molar-refractivity contribution in [2.24, 2.45) is 0 Å². The van der Waals surface area contributed by atoms with Gasteiger partial charge in [0, 0.05) is 17.1 Å². The van der Waals surface area contributed by atoms with Gasteiger partial charge in [0.2, 0.25) is 0 Å². The molecule has 1 aliphatic heterocycles. The summed E-state index contributed by atoms with van der Waals surface area (Å²) >= 11 is 3.13. The SMILES string of the molecule is COc1ccc(-n2c(SC/C=C/c3ccccc3)nc3sc4c(c3c2=O)CC(C)(C)OC4)cc1. The van der Waals surface area contributed by atoms with E-state index in [0.717, 1.165) is 37.7 Å². The molecule has 4 aromatic rings. The fourth-order valence-electron chi connectivity index (χ4n) is 4.10. The summed E-state index contributed by atoms with van der Waals surface area (Å²) in [4.78, 5) is 20.8. The number of hydrogen-bond donors (Lipinski definition) is 0. The minimum absolute atomic E-state index is 0.0279. The van der Waals surface area contributed by atoms with Gasteiger partial charge in [0.25, 0.3) is 5.56 Å². The minimum Gasteiger partial charge on any atom is -0.497 e. The van der Waals surface area contributed by atoms with Crippen LogP contribution in [0, 0.1) is 0 Å². The summed E-state index contributed by atoms with van der Waals surface area (Å²) in [7, 11) is 1.64. The molecule has 2 aromatic heterocycles. The highest BCUT2D eigenvalue weighted by Crippen LogP contribution is 2.38. The lowest BCUT2D eigenvalue weighted by Gasteiger charge is -2.29. The number of thioether (sulfide) groups is 1. The lowest BCUT2D eigenvalue weighted by atomic mass is 9.94. The quantitative estimate of drug-likeness (QED) is 0.241. The molecule has 174 valence electrons. The molecule has 34 heavy (non-hydrogen) atoms. The molecule has 0 unspecified atom stereocenters. The Balaban J connectivity index is 1.58. The van der Waals surface area contributed by atoms with E-state index in [1.165, 1.54) is 0 Å². The molecular formula is C27H26N2O3S2. The molecule has 0 saturated heterocycles. The number of fused-ring (bicyclic) bond motifs is 3. The molecule has 3 heterocycles. The topological polar surface area (TPSA) is 53.4 Å². The van der Waals surface area contributed by atoms with Crippen molar-refractivity contribution in [1.82, 2.24) is 9.55 Å². The highest BCUT2D eigenvalue weighted by atomic mass is 32.2. The van der Waals surface area contributed by atoms with E-state index in [0.29, 0.717) is 23.9 Å². The monoisotopic (exact) mass is 490 g/mol. The number of rotatable bonds is 6. The van der Waals surface area contributed by atoms with Crippen LogP contribution in [0.15, 0.2) is 70.6 Å². The summed E-state index contributed by atoms with van der Waals surface area (Å²) in [6, 6.07) is 17.7. The first-order valence-corrected chi connectivity index (χ1v) is 13.0. The Labute approximate surface area is 207 Å². The van der Waals surface area contributed by atoms with Crippen LogP contribution in [-0.4, -0.2) is 28.0 Å². The molecule has 1 aliphatic rings. The minimum atomic E-state index is -0.298. The third-order valence-electron chi connectivity index (χ3n) is 5.82. The number of nitrogens with zero attached hydrogens (tertiary/aromatic N) is 2. The number of benzene rings is 2. The summed E-state index contributed by atoms with van der Waals surface area (Å²) in [5.41, 5.74) is 2.68. The number of aromatic nitrogens is 2. The first-order chi connectivity index (χ1) is 16.4. The van der Waals surface area contributed by atoms with Gasteiger partial charge in [-0.1, -0.05) is 54.2 Å². The van der Waals surface area contributed by atoms with Crippen molar-refractivity contribution in [2.75, 3.05) is 12.9 Å². The second kappa shape index (κ2) is 9.41. The summed E-state index contributed by atoms with van der Waals surface area (Å²) in [6.07, 6.45) is 4.89. The molecule has 7 heteroatoms. The van der Waals surface area contributed by atoms with Crippen LogP contribution >= 0.6 is 23.1 Å². The largest absolute Gasteiger partial charge is 0.497 e. The maximum Gasteiger partial charge on any atom is 0.267 e. The van der Waals surface area contributed by atoms with Gasteiger partial charge >= 0.3 is 0 Å². The van der Waals surface area contributed by atoms with Crippen molar-refractivity contribution in [3.05, 3.63) is 87.0 Å². The highest BCUT2D eigenvalue weighted by Gasteiger charge is 2.31.